The van der Waals surface area contributed by atoms with Gasteiger partial charge in [0.2, 0.25) is 0 Å². The SMILES string of the molecule is NCc1cccc(-c2cccc(C(F)(F)F)c2)n1.O=C(NCc1cccc(-c2cccc(C(F)(F)F)c2)n1)c1ccccc1. The average Bonchev–Trinajstić information content (AvgIpc) is 3.04. The maximum absolute atomic E-state index is 12.9. The molecule has 3 aromatic carbocycles. The van der Waals surface area contributed by atoms with Gasteiger partial charge >= 0.3 is 12.4 Å². The fourth-order valence-electron chi connectivity index (χ4n) is 4.06. The first kappa shape index (κ1) is 31.9. The molecule has 3 N–H and O–H groups in total. The molecule has 44 heavy (non-hydrogen) atoms. The molecule has 226 valence electrons. The van der Waals surface area contributed by atoms with Gasteiger partial charge in [0.15, 0.2) is 0 Å². The lowest BCUT2D eigenvalue weighted by atomic mass is 10.1. The number of aromatic nitrogens is 2. The molecule has 0 radical (unpaired) electrons. The molecule has 5 aromatic rings. The molecule has 0 aliphatic carbocycles. The van der Waals surface area contributed by atoms with E-state index in [1.54, 1.807) is 72.8 Å². The van der Waals surface area contributed by atoms with Gasteiger partial charge in [-0.05, 0) is 60.7 Å². The van der Waals surface area contributed by atoms with E-state index in [0.717, 1.165) is 24.3 Å². The van der Waals surface area contributed by atoms with E-state index in [-0.39, 0.29) is 19.0 Å². The summed E-state index contributed by atoms with van der Waals surface area (Å²) in [4.78, 5) is 20.6. The molecule has 0 unspecified atom stereocenters. The molecule has 5 nitrogen and oxygen atoms in total. The zero-order valence-electron chi connectivity index (χ0n) is 23.0. The molecule has 0 atom stereocenters. The van der Waals surface area contributed by atoms with Crippen molar-refractivity contribution in [3.8, 4) is 22.5 Å². The first-order valence-corrected chi connectivity index (χ1v) is 13.2. The third-order valence-electron chi connectivity index (χ3n) is 6.26. The lowest BCUT2D eigenvalue weighted by molar-refractivity contribution is -0.138. The van der Waals surface area contributed by atoms with Gasteiger partial charge in [0.1, 0.15) is 0 Å². The Hall–Kier alpha value is -5.03. The van der Waals surface area contributed by atoms with Gasteiger partial charge in [0.25, 0.3) is 5.91 Å². The van der Waals surface area contributed by atoms with Crippen molar-refractivity contribution in [3.63, 3.8) is 0 Å². The molecule has 1 amide bonds. The van der Waals surface area contributed by atoms with Gasteiger partial charge in [0, 0.05) is 23.2 Å². The summed E-state index contributed by atoms with van der Waals surface area (Å²) in [5.74, 6) is -0.239. The van der Waals surface area contributed by atoms with Crippen LogP contribution in [0.2, 0.25) is 0 Å². The van der Waals surface area contributed by atoms with E-state index >= 15 is 0 Å². The number of pyridine rings is 2. The molecule has 0 saturated heterocycles. The Kier molecular flexibility index (Phi) is 10.1. The van der Waals surface area contributed by atoms with Crippen LogP contribution < -0.4 is 11.1 Å². The van der Waals surface area contributed by atoms with E-state index in [1.165, 1.54) is 12.1 Å². The second kappa shape index (κ2) is 14.0. The number of nitrogens with zero attached hydrogens (tertiary/aromatic N) is 2. The topological polar surface area (TPSA) is 80.9 Å². The Balaban J connectivity index is 0.000000215. The van der Waals surface area contributed by atoms with Crippen LogP contribution in [0, 0.1) is 0 Å². The van der Waals surface area contributed by atoms with Crippen LogP contribution in [0.4, 0.5) is 26.3 Å². The van der Waals surface area contributed by atoms with Crippen molar-refractivity contribution in [2.75, 3.05) is 0 Å². The van der Waals surface area contributed by atoms with Crippen LogP contribution in [0.1, 0.15) is 32.9 Å². The highest BCUT2D eigenvalue weighted by atomic mass is 19.4. The Morgan fingerprint density at radius 2 is 1.09 bits per heavy atom. The van der Waals surface area contributed by atoms with Crippen molar-refractivity contribution < 1.29 is 31.1 Å². The van der Waals surface area contributed by atoms with Crippen LogP contribution in [0.3, 0.4) is 0 Å². The quantitative estimate of drug-likeness (QED) is 0.192. The molecule has 0 aliphatic rings. The number of hydrogen-bond donors (Lipinski definition) is 2. The minimum absolute atomic E-state index is 0.181. The molecule has 0 bridgehead atoms. The van der Waals surface area contributed by atoms with Crippen molar-refractivity contribution in [3.05, 3.63) is 143 Å². The Labute approximate surface area is 249 Å². The van der Waals surface area contributed by atoms with Crippen LogP contribution in [-0.2, 0) is 25.4 Å². The van der Waals surface area contributed by atoms with Crippen molar-refractivity contribution >= 4 is 5.91 Å². The predicted octanol–water partition coefficient (Wildman–Crippen LogP) is 7.92. The number of rotatable bonds is 6. The number of carbonyl (C=O) groups is 1. The number of benzene rings is 3. The smallest absolute Gasteiger partial charge is 0.346 e. The first-order chi connectivity index (χ1) is 20.9. The van der Waals surface area contributed by atoms with Crippen LogP contribution in [-0.4, -0.2) is 15.9 Å². The monoisotopic (exact) mass is 608 g/mol. The van der Waals surface area contributed by atoms with Crippen LogP contribution in [0.15, 0.2) is 115 Å². The number of carbonyl (C=O) groups excluding carboxylic acids is 1. The van der Waals surface area contributed by atoms with Gasteiger partial charge in [-0.2, -0.15) is 26.3 Å². The summed E-state index contributed by atoms with van der Waals surface area (Å²) in [5.41, 5.74) is 7.49. The van der Waals surface area contributed by atoms with Crippen molar-refractivity contribution in [1.29, 1.82) is 0 Å². The molecular formula is C33H26F6N4O. The van der Waals surface area contributed by atoms with E-state index in [2.05, 4.69) is 15.3 Å². The fourth-order valence-corrected chi connectivity index (χ4v) is 4.06. The third-order valence-corrected chi connectivity index (χ3v) is 6.26. The Morgan fingerprint density at radius 1 is 0.614 bits per heavy atom. The van der Waals surface area contributed by atoms with Gasteiger partial charge in [0.05, 0.1) is 40.4 Å². The number of hydrogen-bond acceptors (Lipinski definition) is 4. The number of halogens is 6. The number of nitrogens with one attached hydrogen (secondary N) is 1. The summed E-state index contributed by atoms with van der Waals surface area (Å²) in [6.07, 6.45) is -8.75. The largest absolute Gasteiger partial charge is 0.416 e. The molecule has 5 rings (SSSR count). The highest BCUT2D eigenvalue weighted by molar-refractivity contribution is 5.94. The number of nitrogens with two attached hydrogens (primary N) is 1. The lowest BCUT2D eigenvalue weighted by Gasteiger charge is -2.10. The highest BCUT2D eigenvalue weighted by Crippen LogP contribution is 2.32. The summed E-state index contributed by atoms with van der Waals surface area (Å²) < 4.78 is 76.4. The van der Waals surface area contributed by atoms with Crippen LogP contribution in [0.5, 0.6) is 0 Å². The second-order valence-electron chi connectivity index (χ2n) is 9.44. The highest BCUT2D eigenvalue weighted by Gasteiger charge is 2.31. The maximum Gasteiger partial charge on any atom is 0.416 e. The maximum atomic E-state index is 12.9. The molecule has 0 fully saturated rings. The van der Waals surface area contributed by atoms with E-state index in [0.29, 0.717) is 39.5 Å². The summed E-state index contributed by atoms with van der Waals surface area (Å²) in [7, 11) is 0. The molecule has 0 spiro atoms. The van der Waals surface area contributed by atoms with Crippen LogP contribution >= 0.6 is 0 Å². The summed E-state index contributed by atoms with van der Waals surface area (Å²) >= 11 is 0. The predicted molar refractivity (Wildman–Crippen MR) is 155 cm³/mol. The van der Waals surface area contributed by atoms with Gasteiger partial charge in [-0.15, -0.1) is 0 Å². The number of amides is 1. The minimum atomic E-state index is -4.41. The molecule has 2 heterocycles. The minimum Gasteiger partial charge on any atom is -0.346 e. The summed E-state index contributed by atoms with van der Waals surface area (Å²) in [6, 6.07) is 29.0. The Bertz CT molecular complexity index is 1710. The fraction of sp³-hybridized carbons (Fsp3) is 0.121. The molecular weight excluding hydrogens is 582 g/mol. The molecule has 0 aliphatic heterocycles. The second-order valence-corrected chi connectivity index (χ2v) is 9.44. The molecule has 2 aromatic heterocycles. The van der Waals surface area contributed by atoms with Crippen molar-refractivity contribution in [2.45, 2.75) is 25.4 Å². The first-order valence-electron chi connectivity index (χ1n) is 13.2. The number of alkyl halides is 6. The molecule has 11 heteroatoms. The summed E-state index contributed by atoms with van der Waals surface area (Å²) in [6.45, 7) is 0.438. The lowest BCUT2D eigenvalue weighted by Crippen LogP contribution is -2.23. The van der Waals surface area contributed by atoms with E-state index in [9.17, 15) is 31.1 Å². The zero-order valence-corrected chi connectivity index (χ0v) is 23.0. The average molecular weight is 609 g/mol. The normalized spacial score (nSPS) is 11.3. The van der Waals surface area contributed by atoms with E-state index < -0.39 is 23.5 Å². The zero-order chi connectivity index (χ0) is 31.7. The van der Waals surface area contributed by atoms with E-state index in [4.69, 9.17) is 5.73 Å². The van der Waals surface area contributed by atoms with Crippen molar-refractivity contribution in [1.82, 2.24) is 15.3 Å². The molecule has 0 saturated carbocycles. The van der Waals surface area contributed by atoms with Gasteiger partial charge in [-0.25, -0.2) is 0 Å². The van der Waals surface area contributed by atoms with Crippen molar-refractivity contribution in [2.24, 2.45) is 5.73 Å². The summed E-state index contributed by atoms with van der Waals surface area (Å²) in [5, 5.41) is 2.75. The standard InChI is InChI=1S/C20H15F3N2O.C13H11F3N2/c21-20(22,23)16-9-4-8-15(12-16)18-11-5-10-17(25-18)13-24-19(26)14-6-2-1-3-7-14;14-13(15,16)10-4-1-3-9(7-10)12-6-2-5-11(8-17)18-12/h1-12H,13H2,(H,24,26);1-7H,8,17H2. The van der Waals surface area contributed by atoms with Crippen LogP contribution in [0.25, 0.3) is 22.5 Å². The van der Waals surface area contributed by atoms with E-state index in [1.807, 2.05) is 6.07 Å². The third kappa shape index (κ3) is 8.74. The Morgan fingerprint density at radius 3 is 1.59 bits per heavy atom. The van der Waals surface area contributed by atoms with Gasteiger partial charge in [-0.3, -0.25) is 14.8 Å². The van der Waals surface area contributed by atoms with Gasteiger partial charge < -0.3 is 11.1 Å². The van der Waals surface area contributed by atoms with Gasteiger partial charge in [-0.1, -0.05) is 54.6 Å².